The van der Waals surface area contributed by atoms with Crippen LogP contribution in [0.5, 0.6) is 17.2 Å². The van der Waals surface area contributed by atoms with Crippen molar-refractivity contribution in [1.29, 1.82) is 0 Å². The van der Waals surface area contributed by atoms with Crippen molar-refractivity contribution in [3.63, 3.8) is 0 Å². The largest absolute Gasteiger partial charge is 0.493 e. The molecular weight excluding hydrogens is 375 g/mol. The molecule has 4 rings (SSSR count). The lowest BCUT2D eigenvalue weighted by Gasteiger charge is -2.35. The topological polar surface area (TPSA) is 51.2 Å². The van der Waals surface area contributed by atoms with Crippen LogP contribution in [0, 0.1) is 5.82 Å². The average Bonchev–Trinajstić information content (AvgIpc) is 2.77. The van der Waals surface area contributed by atoms with Crippen LogP contribution in [0.3, 0.4) is 0 Å². The van der Waals surface area contributed by atoms with E-state index in [1.807, 2.05) is 17.0 Å². The maximum atomic E-state index is 13.1. The Morgan fingerprint density at radius 3 is 2.52 bits per heavy atom. The van der Waals surface area contributed by atoms with Crippen LogP contribution in [0.25, 0.3) is 6.08 Å². The molecule has 1 amide bonds. The third kappa shape index (κ3) is 4.29. The van der Waals surface area contributed by atoms with E-state index in [9.17, 15) is 9.18 Å². The molecule has 1 saturated heterocycles. The lowest BCUT2D eigenvalue weighted by atomic mass is 10.1. The number of piperazine rings is 1. The molecule has 2 aromatic carbocycles. The molecule has 1 fully saturated rings. The van der Waals surface area contributed by atoms with Gasteiger partial charge in [0.2, 0.25) is 11.7 Å². The number of amides is 1. The Bertz CT molecular complexity index is 889. The minimum absolute atomic E-state index is 0.0439. The highest BCUT2D eigenvalue weighted by Gasteiger charge is 2.21. The zero-order valence-corrected chi connectivity index (χ0v) is 16.3. The molecule has 2 aliphatic heterocycles. The summed E-state index contributed by atoms with van der Waals surface area (Å²) < 4.78 is 29.7. The van der Waals surface area contributed by atoms with Crippen LogP contribution in [0.1, 0.15) is 5.56 Å². The number of benzene rings is 2. The van der Waals surface area contributed by atoms with E-state index < -0.39 is 0 Å². The summed E-state index contributed by atoms with van der Waals surface area (Å²) >= 11 is 0. The molecule has 0 aliphatic carbocycles. The monoisotopic (exact) mass is 398 g/mol. The van der Waals surface area contributed by atoms with Crippen LogP contribution < -0.4 is 19.1 Å². The Kier molecular flexibility index (Phi) is 5.55. The molecule has 0 saturated carbocycles. The molecule has 152 valence electrons. The molecule has 0 atom stereocenters. The molecule has 29 heavy (non-hydrogen) atoms. The second kappa shape index (κ2) is 8.43. The first-order chi connectivity index (χ1) is 14.1. The molecule has 7 heteroatoms. The second-order valence-corrected chi connectivity index (χ2v) is 6.87. The van der Waals surface area contributed by atoms with E-state index in [1.54, 1.807) is 31.4 Å². The Balaban J connectivity index is 1.38. The standard InChI is InChI=1S/C22H23FN2O4/c1-27-19-14-16(15-20-22(19)29-13-12-28-20)2-7-21(26)25-10-8-24(9-11-25)18-5-3-17(23)4-6-18/h2-7,14-15H,8-13H2,1H3/b7-2+. The van der Waals surface area contributed by atoms with Crippen molar-refractivity contribution < 1.29 is 23.4 Å². The van der Waals surface area contributed by atoms with Crippen molar-refractivity contribution in [3.8, 4) is 17.2 Å². The van der Waals surface area contributed by atoms with Gasteiger partial charge in [-0.15, -0.1) is 0 Å². The Morgan fingerprint density at radius 1 is 1.07 bits per heavy atom. The number of hydrogen-bond acceptors (Lipinski definition) is 5. The molecule has 0 radical (unpaired) electrons. The summed E-state index contributed by atoms with van der Waals surface area (Å²) in [5, 5.41) is 0. The smallest absolute Gasteiger partial charge is 0.246 e. The van der Waals surface area contributed by atoms with Gasteiger partial charge < -0.3 is 24.0 Å². The van der Waals surface area contributed by atoms with Gasteiger partial charge in [-0.05, 0) is 48.0 Å². The van der Waals surface area contributed by atoms with Crippen molar-refractivity contribution >= 4 is 17.7 Å². The average molecular weight is 398 g/mol. The highest BCUT2D eigenvalue weighted by molar-refractivity contribution is 5.92. The first kappa shape index (κ1) is 19.1. The van der Waals surface area contributed by atoms with Gasteiger partial charge in [0.25, 0.3) is 0 Å². The fraction of sp³-hybridized carbons (Fsp3) is 0.318. The lowest BCUT2D eigenvalue weighted by molar-refractivity contribution is -0.126. The van der Waals surface area contributed by atoms with Gasteiger partial charge in [0, 0.05) is 37.9 Å². The Labute approximate surface area is 169 Å². The maximum absolute atomic E-state index is 13.1. The quantitative estimate of drug-likeness (QED) is 0.742. The number of fused-ring (bicyclic) bond motifs is 1. The highest BCUT2D eigenvalue weighted by atomic mass is 19.1. The number of carbonyl (C=O) groups is 1. The van der Waals surface area contributed by atoms with Crippen molar-refractivity contribution in [2.45, 2.75) is 0 Å². The zero-order valence-electron chi connectivity index (χ0n) is 16.3. The molecule has 0 N–H and O–H groups in total. The zero-order chi connectivity index (χ0) is 20.2. The summed E-state index contributed by atoms with van der Waals surface area (Å²) in [6.07, 6.45) is 3.33. The number of anilines is 1. The minimum Gasteiger partial charge on any atom is -0.493 e. The van der Waals surface area contributed by atoms with E-state index in [2.05, 4.69) is 4.90 Å². The predicted molar refractivity (Wildman–Crippen MR) is 108 cm³/mol. The number of nitrogens with zero attached hydrogens (tertiary/aromatic N) is 2. The van der Waals surface area contributed by atoms with Gasteiger partial charge in [-0.1, -0.05) is 0 Å². The first-order valence-electron chi connectivity index (χ1n) is 9.59. The van der Waals surface area contributed by atoms with Crippen molar-refractivity contribution in [3.05, 3.63) is 53.9 Å². The van der Waals surface area contributed by atoms with E-state index >= 15 is 0 Å². The number of hydrogen-bond donors (Lipinski definition) is 0. The van der Waals surface area contributed by atoms with E-state index in [0.717, 1.165) is 11.3 Å². The molecule has 0 aromatic heterocycles. The number of carbonyl (C=O) groups excluding carboxylic acids is 1. The van der Waals surface area contributed by atoms with Crippen LogP contribution >= 0.6 is 0 Å². The van der Waals surface area contributed by atoms with Gasteiger partial charge in [0.1, 0.15) is 19.0 Å². The van der Waals surface area contributed by atoms with Gasteiger partial charge in [-0.3, -0.25) is 4.79 Å². The van der Waals surface area contributed by atoms with Gasteiger partial charge >= 0.3 is 0 Å². The fourth-order valence-corrected chi connectivity index (χ4v) is 3.50. The van der Waals surface area contributed by atoms with E-state index in [4.69, 9.17) is 14.2 Å². The molecule has 2 heterocycles. The van der Waals surface area contributed by atoms with Crippen molar-refractivity contribution in [2.24, 2.45) is 0 Å². The third-order valence-electron chi connectivity index (χ3n) is 5.05. The van der Waals surface area contributed by atoms with E-state index in [1.165, 1.54) is 12.1 Å². The summed E-state index contributed by atoms with van der Waals surface area (Å²) in [6.45, 7) is 3.63. The van der Waals surface area contributed by atoms with Gasteiger partial charge in [0.05, 0.1) is 7.11 Å². The number of methoxy groups -OCH3 is 1. The molecular formula is C22H23FN2O4. The Morgan fingerprint density at radius 2 is 1.79 bits per heavy atom. The fourth-order valence-electron chi connectivity index (χ4n) is 3.50. The van der Waals surface area contributed by atoms with E-state index in [-0.39, 0.29) is 11.7 Å². The molecule has 2 aromatic rings. The molecule has 0 spiro atoms. The van der Waals surface area contributed by atoms with Crippen molar-refractivity contribution in [2.75, 3.05) is 51.4 Å². The third-order valence-corrected chi connectivity index (χ3v) is 5.05. The number of halogens is 1. The van der Waals surface area contributed by atoms with Crippen LogP contribution in [0.2, 0.25) is 0 Å². The SMILES string of the molecule is COc1cc(/C=C/C(=O)N2CCN(c3ccc(F)cc3)CC2)cc2c1OCCO2. The first-order valence-corrected chi connectivity index (χ1v) is 9.59. The summed E-state index contributed by atoms with van der Waals surface area (Å²) in [5.74, 6) is 1.51. The number of ether oxygens (including phenoxy) is 3. The highest BCUT2D eigenvalue weighted by Crippen LogP contribution is 2.40. The van der Waals surface area contributed by atoms with Crippen LogP contribution in [0.15, 0.2) is 42.5 Å². The van der Waals surface area contributed by atoms with Crippen LogP contribution in [-0.4, -0.2) is 57.3 Å². The maximum Gasteiger partial charge on any atom is 0.246 e. The van der Waals surface area contributed by atoms with Crippen molar-refractivity contribution in [1.82, 2.24) is 4.90 Å². The van der Waals surface area contributed by atoms with Crippen LogP contribution in [0.4, 0.5) is 10.1 Å². The normalized spacial score (nSPS) is 16.2. The van der Waals surface area contributed by atoms with Crippen LogP contribution in [-0.2, 0) is 4.79 Å². The molecule has 0 bridgehead atoms. The molecule has 6 nitrogen and oxygen atoms in total. The number of rotatable bonds is 4. The molecule has 2 aliphatic rings. The van der Waals surface area contributed by atoms with Gasteiger partial charge in [0.15, 0.2) is 11.5 Å². The summed E-state index contributed by atoms with van der Waals surface area (Å²) in [4.78, 5) is 16.5. The second-order valence-electron chi connectivity index (χ2n) is 6.87. The van der Waals surface area contributed by atoms with Gasteiger partial charge in [-0.2, -0.15) is 0 Å². The lowest BCUT2D eigenvalue weighted by Crippen LogP contribution is -2.48. The van der Waals surface area contributed by atoms with Gasteiger partial charge in [-0.25, -0.2) is 4.39 Å². The summed E-state index contributed by atoms with van der Waals surface area (Å²) in [5.41, 5.74) is 1.78. The minimum atomic E-state index is -0.247. The van der Waals surface area contributed by atoms with E-state index in [0.29, 0.717) is 56.6 Å². The molecule has 0 unspecified atom stereocenters. The Hall–Kier alpha value is -3.22. The summed E-state index contributed by atoms with van der Waals surface area (Å²) in [6, 6.07) is 10.1. The predicted octanol–water partition coefficient (Wildman–Crippen LogP) is 2.97. The summed E-state index contributed by atoms with van der Waals surface area (Å²) in [7, 11) is 1.58.